The van der Waals surface area contributed by atoms with Crippen molar-refractivity contribution in [2.45, 2.75) is 52.9 Å². The molecule has 0 aliphatic rings. The Labute approximate surface area is 145 Å². The maximum atomic E-state index is 14.4. The molecule has 5 nitrogen and oxygen atoms in total. The van der Waals surface area contributed by atoms with Gasteiger partial charge in [0.25, 0.3) is 0 Å². The van der Waals surface area contributed by atoms with E-state index in [9.17, 15) is 14.3 Å². The number of fused-ring (bicyclic) bond motifs is 1. The van der Waals surface area contributed by atoms with Gasteiger partial charge in [0.2, 0.25) is 5.28 Å². The van der Waals surface area contributed by atoms with Gasteiger partial charge in [-0.05, 0) is 50.4 Å². The van der Waals surface area contributed by atoms with Gasteiger partial charge in [-0.2, -0.15) is 0 Å². The first-order chi connectivity index (χ1) is 11.1. The molecule has 2 rings (SSSR count). The van der Waals surface area contributed by atoms with Gasteiger partial charge >= 0.3 is 0 Å². The Morgan fingerprint density at radius 1 is 1.33 bits per heavy atom. The number of nitrogens with zero attached hydrogens (tertiary/aromatic N) is 2. The van der Waals surface area contributed by atoms with Crippen LogP contribution in [-0.4, -0.2) is 26.5 Å². The highest BCUT2D eigenvalue weighted by atomic mass is 35.5. The van der Waals surface area contributed by atoms with E-state index in [-0.39, 0.29) is 28.6 Å². The molecule has 0 amide bonds. The van der Waals surface area contributed by atoms with E-state index in [0.29, 0.717) is 11.0 Å². The second-order valence-electron chi connectivity index (χ2n) is 6.57. The molecular weight excluding hydrogens is 333 g/mol. The Morgan fingerprint density at radius 2 is 1.96 bits per heavy atom. The smallest absolute Gasteiger partial charge is 0.204 e. The topological polar surface area (TPSA) is 67.2 Å². The number of ketones is 1. The number of halogens is 2. The summed E-state index contributed by atoms with van der Waals surface area (Å²) in [5.41, 5.74) is 0.927. The highest BCUT2D eigenvalue weighted by molar-refractivity contribution is 6.29. The van der Waals surface area contributed by atoms with Gasteiger partial charge in [0.15, 0.2) is 0 Å². The number of nitrogens with one attached hydrogen (secondary N) is 1. The molecule has 2 N–H and O–H groups in total. The summed E-state index contributed by atoms with van der Waals surface area (Å²) in [7, 11) is 0. The molecule has 2 aromatic rings. The third kappa shape index (κ3) is 3.45. The SMILES string of the molecule is CC(=O)C(NC(O)c1c(F)ccc2c1nc(Cl)n2C(C)C)C(C)C. The van der Waals surface area contributed by atoms with Gasteiger partial charge in [0, 0.05) is 6.04 Å². The Bertz CT molecular complexity index is 758. The summed E-state index contributed by atoms with van der Waals surface area (Å²) >= 11 is 6.17. The number of aliphatic hydroxyl groups is 1. The van der Waals surface area contributed by atoms with Gasteiger partial charge in [-0.1, -0.05) is 13.8 Å². The maximum absolute atomic E-state index is 14.4. The van der Waals surface area contributed by atoms with Crippen LogP contribution in [0.15, 0.2) is 12.1 Å². The molecule has 0 aliphatic heterocycles. The summed E-state index contributed by atoms with van der Waals surface area (Å²) < 4.78 is 16.1. The van der Waals surface area contributed by atoms with Gasteiger partial charge in [0.1, 0.15) is 23.3 Å². The molecular formula is C17H23ClFN3O2. The standard InChI is InChI=1S/C17H23ClFN3O2/c1-8(2)14(10(5)23)20-16(24)13-11(19)6-7-12-15(13)21-17(18)22(12)9(3)4/h6-9,14,16,20,24H,1-5H3. The Kier molecular flexibility index (Phi) is 5.63. The van der Waals surface area contributed by atoms with Gasteiger partial charge in [-0.25, -0.2) is 9.37 Å². The minimum Gasteiger partial charge on any atom is -0.374 e. The largest absolute Gasteiger partial charge is 0.374 e. The number of hydrogen-bond donors (Lipinski definition) is 2. The second kappa shape index (κ2) is 7.17. The lowest BCUT2D eigenvalue weighted by atomic mass is 9.99. The number of Topliss-reactive ketones (excluding diaryl/α,β-unsaturated/α-hetero) is 1. The molecule has 0 spiro atoms. The van der Waals surface area contributed by atoms with Crippen LogP contribution < -0.4 is 5.32 Å². The summed E-state index contributed by atoms with van der Waals surface area (Å²) in [6.45, 7) is 9.02. The van der Waals surface area contributed by atoms with E-state index in [1.165, 1.54) is 13.0 Å². The monoisotopic (exact) mass is 355 g/mol. The van der Waals surface area contributed by atoms with Gasteiger partial charge < -0.3 is 9.67 Å². The Hall–Kier alpha value is -1.50. The first-order valence-electron chi connectivity index (χ1n) is 7.95. The van der Waals surface area contributed by atoms with E-state index in [0.717, 1.165) is 0 Å². The molecule has 0 saturated heterocycles. The number of carbonyl (C=O) groups is 1. The number of hydrogen-bond acceptors (Lipinski definition) is 4. The maximum Gasteiger partial charge on any atom is 0.204 e. The lowest BCUT2D eigenvalue weighted by Crippen LogP contribution is -2.42. The molecule has 1 heterocycles. The molecule has 0 bridgehead atoms. The minimum absolute atomic E-state index is 0.000648. The van der Waals surface area contributed by atoms with Crippen molar-refractivity contribution in [2.24, 2.45) is 5.92 Å². The molecule has 0 saturated carbocycles. The molecule has 132 valence electrons. The summed E-state index contributed by atoms with van der Waals surface area (Å²) in [6.07, 6.45) is -1.36. The average molecular weight is 356 g/mol. The highest BCUT2D eigenvalue weighted by Crippen LogP contribution is 2.31. The van der Waals surface area contributed by atoms with Crippen LogP contribution >= 0.6 is 11.6 Å². The normalized spacial score (nSPS) is 14.6. The number of rotatable bonds is 6. The van der Waals surface area contributed by atoms with Crippen LogP contribution in [0.1, 0.15) is 52.5 Å². The van der Waals surface area contributed by atoms with Gasteiger partial charge in [0.05, 0.1) is 17.1 Å². The molecule has 7 heteroatoms. The Balaban J connectivity index is 2.53. The fraction of sp³-hybridized carbons (Fsp3) is 0.529. The quantitative estimate of drug-likeness (QED) is 0.777. The predicted octanol–water partition coefficient (Wildman–Crippen LogP) is 3.60. The zero-order valence-corrected chi connectivity index (χ0v) is 15.2. The summed E-state index contributed by atoms with van der Waals surface area (Å²) in [5.74, 6) is -0.766. The van der Waals surface area contributed by atoms with Gasteiger partial charge in [-0.3, -0.25) is 10.1 Å². The highest BCUT2D eigenvalue weighted by Gasteiger charge is 2.27. The molecule has 0 fully saturated rings. The molecule has 2 unspecified atom stereocenters. The van der Waals surface area contributed by atoms with Crippen LogP contribution in [-0.2, 0) is 4.79 Å². The van der Waals surface area contributed by atoms with E-state index in [1.54, 1.807) is 10.6 Å². The lowest BCUT2D eigenvalue weighted by molar-refractivity contribution is -0.121. The van der Waals surface area contributed by atoms with E-state index in [2.05, 4.69) is 10.3 Å². The number of aromatic nitrogens is 2. The molecule has 24 heavy (non-hydrogen) atoms. The van der Waals surface area contributed by atoms with Crippen LogP contribution in [0.2, 0.25) is 5.28 Å². The Morgan fingerprint density at radius 3 is 2.46 bits per heavy atom. The summed E-state index contributed by atoms with van der Waals surface area (Å²) in [5, 5.41) is 13.5. The van der Waals surface area contributed by atoms with Crippen LogP contribution in [0.5, 0.6) is 0 Å². The molecule has 1 aromatic heterocycles. The minimum atomic E-state index is -1.36. The molecule has 2 atom stereocenters. The number of benzene rings is 1. The third-order valence-corrected chi connectivity index (χ3v) is 4.30. The lowest BCUT2D eigenvalue weighted by Gasteiger charge is -2.24. The van der Waals surface area contributed by atoms with E-state index >= 15 is 0 Å². The average Bonchev–Trinajstić information content (AvgIpc) is 2.79. The van der Waals surface area contributed by atoms with Gasteiger partial charge in [-0.15, -0.1) is 0 Å². The fourth-order valence-corrected chi connectivity index (χ4v) is 3.28. The van der Waals surface area contributed by atoms with Crippen molar-refractivity contribution >= 4 is 28.4 Å². The van der Waals surface area contributed by atoms with Crippen molar-refractivity contribution in [2.75, 3.05) is 0 Å². The molecule has 0 radical (unpaired) electrons. The van der Waals surface area contributed by atoms with E-state index in [1.807, 2.05) is 27.7 Å². The number of carbonyl (C=O) groups excluding carboxylic acids is 1. The predicted molar refractivity (Wildman–Crippen MR) is 92.5 cm³/mol. The van der Waals surface area contributed by atoms with Crippen molar-refractivity contribution in [3.63, 3.8) is 0 Å². The van der Waals surface area contributed by atoms with Crippen molar-refractivity contribution < 1.29 is 14.3 Å². The first-order valence-corrected chi connectivity index (χ1v) is 8.33. The van der Waals surface area contributed by atoms with Crippen LogP contribution in [0.4, 0.5) is 4.39 Å². The molecule has 0 aliphatic carbocycles. The van der Waals surface area contributed by atoms with Crippen molar-refractivity contribution in [1.82, 2.24) is 14.9 Å². The zero-order chi connectivity index (χ0) is 18.2. The summed E-state index contributed by atoms with van der Waals surface area (Å²) in [4.78, 5) is 16.0. The van der Waals surface area contributed by atoms with Crippen LogP contribution in [0.3, 0.4) is 0 Å². The summed E-state index contributed by atoms with van der Waals surface area (Å²) in [6, 6.07) is 2.31. The second-order valence-corrected chi connectivity index (χ2v) is 6.91. The van der Waals surface area contributed by atoms with Crippen molar-refractivity contribution in [3.8, 4) is 0 Å². The number of aliphatic hydroxyl groups excluding tert-OH is 1. The van der Waals surface area contributed by atoms with Crippen molar-refractivity contribution in [3.05, 3.63) is 28.8 Å². The van der Waals surface area contributed by atoms with Crippen LogP contribution in [0.25, 0.3) is 11.0 Å². The van der Waals surface area contributed by atoms with Crippen molar-refractivity contribution in [1.29, 1.82) is 0 Å². The fourth-order valence-electron chi connectivity index (χ4n) is 2.91. The van der Waals surface area contributed by atoms with E-state index in [4.69, 9.17) is 11.6 Å². The zero-order valence-electron chi connectivity index (χ0n) is 14.5. The van der Waals surface area contributed by atoms with Crippen LogP contribution in [0, 0.1) is 11.7 Å². The van der Waals surface area contributed by atoms with E-state index < -0.39 is 18.1 Å². The third-order valence-electron chi connectivity index (χ3n) is 4.04. The number of imidazole rings is 1. The molecule has 1 aromatic carbocycles. The first kappa shape index (κ1) is 18.8.